The Labute approximate surface area is 281 Å². The summed E-state index contributed by atoms with van der Waals surface area (Å²) in [7, 11) is 0. The van der Waals surface area contributed by atoms with Gasteiger partial charge in [-0.2, -0.15) is 0 Å². The summed E-state index contributed by atoms with van der Waals surface area (Å²) in [6, 6.07) is 22.1. The molecule has 2 saturated heterocycles. The lowest BCUT2D eigenvalue weighted by atomic mass is 9.99. The Hall–Kier alpha value is -4.36. The standard InChI is InChI=1S/C36H45N5O7/c1-26(43)37-18-4-2-3-5-35(44)38-30-12-10-29(11-13-30)36-47-33(23-34(48-36)28-8-6-27(25-42)7-9-28)24-39-19-21-40(22-20-39)31-14-16-32(17-15-31)41(45)46/h6-17,33-34,36,42H,2-5,18-25H2,1H3,(H,37,43)(H,38,44)/t33-,34+,36+/m0/s1. The van der Waals surface area contributed by atoms with E-state index in [4.69, 9.17) is 9.47 Å². The molecule has 12 heteroatoms. The van der Waals surface area contributed by atoms with Crippen molar-refractivity contribution in [3.63, 3.8) is 0 Å². The number of nitrogens with one attached hydrogen (secondary N) is 2. The van der Waals surface area contributed by atoms with Crippen LogP contribution in [-0.2, 0) is 25.7 Å². The van der Waals surface area contributed by atoms with Gasteiger partial charge in [-0.15, -0.1) is 0 Å². The number of nitro benzene ring substituents is 1. The van der Waals surface area contributed by atoms with E-state index in [-0.39, 0.29) is 41.2 Å². The van der Waals surface area contributed by atoms with E-state index in [0.717, 1.165) is 74.4 Å². The second-order valence-corrected chi connectivity index (χ2v) is 12.4. The van der Waals surface area contributed by atoms with E-state index in [0.29, 0.717) is 25.1 Å². The maximum absolute atomic E-state index is 12.5. The first kappa shape index (κ1) is 35.0. The minimum atomic E-state index is -0.596. The number of carbonyl (C=O) groups excluding carboxylic acids is 2. The van der Waals surface area contributed by atoms with Gasteiger partial charge in [0.2, 0.25) is 11.8 Å². The summed E-state index contributed by atoms with van der Waals surface area (Å²) in [4.78, 5) is 38.7. The highest BCUT2D eigenvalue weighted by Gasteiger charge is 2.34. The lowest BCUT2D eigenvalue weighted by molar-refractivity contribution is -0.384. The molecule has 0 radical (unpaired) electrons. The third-order valence-corrected chi connectivity index (χ3v) is 8.80. The van der Waals surface area contributed by atoms with Crippen LogP contribution in [0, 0.1) is 10.1 Å². The zero-order valence-corrected chi connectivity index (χ0v) is 27.4. The highest BCUT2D eigenvalue weighted by atomic mass is 16.7. The molecule has 0 aromatic heterocycles. The highest BCUT2D eigenvalue weighted by molar-refractivity contribution is 5.90. The molecule has 2 aliphatic rings. The number of non-ortho nitro benzene ring substituents is 1. The van der Waals surface area contributed by atoms with Gasteiger partial charge in [0.25, 0.3) is 5.69 Å². The van der Waals surface area contributed by atoms with Crippen LogP contribution in [0.2, 0.25) is 0 Å². The number of nitro groups is 1. The Balaban J connectivity index is 1.18. The normalized spacial score (nSPS) is 19.9. The van der Waals surface area contributed by atoms with Gasteiger partial charge in [0.1, 0.15) is 0 Å². The summed E-state index contributed by atoms with van der Waals surface area (Å²) in [5, 5.41) is 26.3. The van der Waals surface area contributed by atoms with E-state index in [1.807, 2.05) is 60.7 Å². The Morgan fingerprint density at radius 1 is 0.896 bits per heavy atom. The van der Waals surface area contributed by atoms with Crippen molar-refractivity contribution in [2.45, 2.75) is 64.1 Å². The number of benzene rings is 3. The molecule has 2 aliphatic heterocycles. The fourth-order valence-electron chi connectivity index (χ4n) is 6.09. The zero-order chi connectivity index (χ0) is 33.9. The molecule has 256 valence electrons. The van der Waals surface area contributed by atoms with Gasteiger partial charge in [0, 0.05) is 88.1 Å². The summed E-state index contributed by atoms with van der Waals surface area (Å²) >= 11 is 0. The van der Waals surface area contributed by atoms with Gasteiger partial charge in [-0.05, 0) is 48.2 Å². The van der Waals surface area contributed by atoms with Crippen molar-refractivity contribution in [2.75, 3.05) is 49.5 Å². The van der Waals surface area contributed by atoms with Crippen molar-refractivity contribution in [2.24, 2.45) is 0 Å². The van der Waals surface area contributed by atoms with Crippen LogP contribution < -0.4 is 15.5 Å². The average molecular weight is 660 g/mol. The molecule has 2 heterocycles. The van der Waals surface area contributed by atoms with Crippen LogP contribution in [0.3, 0.4) is 0 Å². The highest BCUT2D eigenvalue weighted by Crippen LogP contribution is 2.38. The third-order valence-electron chi connectivity index (χ3n) is 8.80. The number of hydrogen-bond donors (Lipinski definition) is 3. The minimum Gasteiger partial charge on any atom is -0.392 e. The van der Waals surface area contributed by atoms with Gasteiger partial charge in [0.05, 0.1) is 23.7 Å². The number of amides is 2. The number of carbonyl (C=O) groups is 2. The Morgan fingerprint density at radius 2 is 1.58 bits per heavy atom. The molecule has 0 aliphatic carbocycles. The molecule has 0 unspecified atom stereocenters. The van der Waals surface area contributed by atoms with Crippen LogP contribution >= 0.6 is 0 Å². The maximum Gasteiger partial charge on any atom is 0.269 e. The first-order chi connectivity index (χ1) is 23.3. The molecule has 3 aromatic carbocycles. The lowest BCUT2D eigenvalue weighted by Crippen LogP contribution is -2.49. The number of rotatable bonds is 14. The average Bonchev–Trinajstić information content (AvgIpc) is 3.10. The molecule has 3 N–H and O–H groups in total. The van der Waals surface area contributed by atoms with Crippen molar-refractivity contribution in [3.05, 3.63) is 99.6 Å². The van der Waals surface area contributed by atoms with E-state index in [1.165, 1.54) is 6.92 Å². The van der Waals surface area contributed by atoms with Crippen LogP contribution in [0.25, 0.3) is 0 Å². The van der Waals surface area contributed by atoms with Crippen LogP contribution in [-0.4, -0.2) is 72.1 Å². The number of anilines is 2. The van der Waals surface area contributed by atoms with Crippen LogP contribution in [0.5, 0.6) is 0 Å². The van der Waals surface area contributed by atoms with E-state index in [2.05, 4.69) is 20.4 Å². The predicted molar refractivity (Wildman–Crippen MR) is 182 cm³/mol. The first-order valence-corrected chi connectivity index (χ1v) is 16.6. The second-order valence-electron chi connectivity index (χ2n) is 12.4. The number of aliphatic hydroxyl groups excluding tert-OH is 1. The summed E-state index contributed by atoms with van der Waals surface area (Å²) in [5.41, 5.74) is 4.49. The Bertz CT molecular complexity index is 1490. The molecular weight excluding hydrogens is 614 g/mol. The van der Waals surface area contributed by atoms with E-state index in [1.54, 1.807) is 12.1 Å². The maximum atomic E-state index is 12.5. The Morgan fingerprint density at radius 3 is 2.23 bits per heavy atom. The topological polar surface area (TPSA) is 147 Å². The number of aliphatic hydroxyl groups is 1. The van der Waals surface area contributed by atoms with Crippen molar-refractivity contribution in [1.82, 2.24) is 10.2 Å². The largest absolute Gasteiger partial charge is 0.392 e. The number of unbranched alkanes of at least 4 members (excludes halogenated alkanes) is 2. The van der Waals surface area contributed by atoms with Gasteiger partial charge in [-0.3, -0.25) is 24.6 Å². The Kier molecular flexibility index (Phi) is 12.5. The minimum absolute atomic E-state index is 0.0203. The predicted octanol–water partition coefficient (Wildman–Crippen LogP) is 5.09. The summed E-state index contributed by atoms with van der Waals surface area (Å²) in [5.74, 6) is -0.0904. The van der Waals surface area contributed by atoms with Gasteiger partial charge in [-0.1, -0.05) is 42.8 Å². The summed E-state index contributed by atoms with van der Waals surface area (Å²) in [6.07, 6.45) is 2.66. The molecule has 0 saturated carbocycles. The molecular formula is C36H45N5O7. The molecule has 2 amide bonds. The molecule has 3 aromatic rings. The van der Waals surface area contributed by atoms with Gasteiger partial charge >= 0.3 is 0 Å². The smallest absolute Gasteiger partial charge is 0.269 e. The van der Waals surface area contributed by atoms with Crippen molar-refractivity contribution in [3.8, 4) is 0 Å². The molecule has 2 fully saturated rings. The zero-order valence-electron chi connectivity index (χ0n) is 27.4. The second kappa shape index (κ2) is 17.2. The van der Waals surface area contributed by atoms with Crippen molar-refractivity contribution in [1.29, 1.82) is 0 Å². The third kappa shape index (κ3) is 10.1. The molecule has 12 nitrogen and oxygen atoms in total. The number of piperazine rings is 1. The van der Waals surface area contributed by atoms with E-state index in [9.17, 15) is 24.8 Å². The number of nitrogens with zero attached hydrogens (tertiary/aromatic N) is 3. The van der Waals surface area contributed by atoms with Crippen LogP contribution in [0.4, 0.5) is 17.1 Å². The molecule has 0 spiro atoms. The van der Waals surface area contributed by atoms with Gasteiger partial charge < -0.3 is 30.1 Å². The SMILES string of the molecule is CC(=O)NCCCCCC(=O)Nc1ccc([C@@H]2O[C@H](CN3CCN(c4ccc([N+](=O)[O-])cc4)CC3)C[C@H](c3ccc(CO)cc3)O2)cc1. The molecule has 5 rings (SSSR count). The van der Waals surface area contributed by atoms with E-state index >= 15 is 0 Å². The van der Waals surface area contributed by atoms with E-state index < -0.39 is 6.29 Å². The van der Waals surface area contributed by atoms with Gasteiger partial charge in [-0.25, -0.2) is 0 Å². The van der Waals surface area contributed by atoms with Crippen LogP contribution in [0.1, 0.15) is 68.1 Å². The number of hydrogen-bond acceptors (Lipinski definition) is 9. The number of ether oxygens (including phenoxy) is 2. The monoisotopic (exact) mass is 659 g/mol. The van der Waals surface area contributed by atoms with Gasteiger partial charge in [0.15, 0.2) is 6.29 Å². The first-order valence-electron chi connectivity index (χ1n) is 16.6. The molecule has 3 atom stereocenters. The summed E-state index contributed by atoms with van der Waals surface area (Å²) < 4.78 is 13.0. The van der Waals surface area contributed by atoms with Crippen LogP contribution in [0.15, 0.2) is 72.8 Å². The van der Waals surface area contributed by atoms with Crippen molar-refractivity contribution >= 4 is 28.9 Å². The lowest BCUT2D eigenvalue weighted by Gasteiger charge is -2.41. The fraction of sp³-hybridized carbons (Fsp3) is 0.444. The molecule has 48 heavy (non-hydrogen) atoms. The quantitative estimate of drug-likeness (QED) is 0.122. The summed E-state index contributed by atoms with van der Waals surface area (Å²) in [6.45, 7) is 6.12. The van der Waals surface area contributed by atoms with Crippen molar-refractivity contribution < 1.29 is 29.1 Å². The fourth-order valence-corrected chi connectivity index (χ4v) is 6.09. The molecule has 0 bridgehead atoms.